The molecule has 1 N–H and O–H groups in total. The average molecular weight is 414 g/mol. The van der Waals surface area contributed by atoms with Crippen LogP contribution in [0.15, 0.2) is 63.7 Å². The van der Waals surface area contributed by atoms with Crippen LogP contribution >= 0.6 is 11.3 Å². The molecular formula is C21H19NO4S2. The number of ether oxygens (including phenoxy) is 1. The summed E-state index contributed by atoms with van der Waals surface area (Å²) in [5, 5.41) is 4.42. The van der Waals surface area contributed by atoms with Gasteiger partial charge in [0.2, 0.25) is 15.7 Å². The Hall–Kier alpha value is -2.64. The minimum Gasteiger partial charge on any atom is -0.497 e. The Balaban J connectivity index is 1.82. The second kappa shape index (κ2) is 7.07. The third kappa shape index (κ3) is 3.10. The van der Waals surface area contributed by atoms with Crippen LogP contribution in [-0.2, 0) is 14.6 Å². The Morgan fingerprint density at radius 1 is 1.11 bits per heavy atom. The van der Waals surface area contributed by atoms with Crippen LogP contribution in [0.25, 0.3) is 0 Å². The van der Waals surface area contributed by atoms with Gasteiger partial charge in [0, 0.05) is 22.6 Å². The van der Waals surface area contributed by atoms with Crippen LogP contribution in [0.2, 0.25) is 0 Å². The van der Waals surface area contributed by atoms with E-state index in [1.54, 1.807) is 17.5 Å². The fourth-order valence-electron chi connectivity index (χ4n) is 3.51. The minimum absolute atomic E-state index is 0.143. The zero-order chi connectivity index (χ0) is 19.9. The first-order valence-corrected chi connectivity index (χ1v) is 11.1. The Bertz CT molecular complexity index is 1150. The Morgan fingerprint density at radius 2 is 1.82 bits per heavy atom. The molecule has 4 rings (SSSR count). The lowest BCUT2D eigenvalue weighted by Gasteiger charge is -2.25. The average Bonchev–Trinajstić information content (AvgIpc) is 3.12. The molecular weight excluding hydrogens is 394 g/mol. The molecule has 0 saturated heterocycles. The fraction of sp³-hybridized carbons (Fsp3) is 0.190. The Labute approximate surface area is 167 Å². The topological polar surface area (TPSA) is 72.5 Å². The molecule has 3 aromatic rings. The van der Waals surface area contributed by atoms with E-state index in [-0.39, 0.29) is 21.6 Å². The molecule has 1 aliphatic rings. The number of anilines is 1. The second-order valence-corrected chi connectivity index (χ2v) is 9.51. The number of benzene rings is 2. The van der Waals surface area contributed by atoms with E-state index in [2.05, 4.69) is 5.32 Å². The van der Waals surface area contributed by atoms with Crippen molar-refractivity contribution in [1.29, 1.82) is 0 Å². The standard InChI is InChI=1S/C21H19NO4S2/c1-13-5-3-4-6-16(13)17-11-19(23)22-20-18(12-27-21(17)20)28(24,25)15-9-7-14(26-2)8-10-15/h3-10,12,17H,11H2,1-2H3,(H,22,23)/t17-/m0/s1. The van der Waals surface area contributed by atoms with Crippen molar-refractivity contribution in [2.75, 3.05) is 12.4 Å². The summed E-state index contributed by atoms with van der Waals surface area (Å²) >= 11 is 1.38. The molecule has 28 heavy (non-hydrogen) atoms. The molecule has 0 radical (unpaired) electrons. The summed E-state index contributed by atoms with van der Waals surface area (Å²) in [5.74, 6) is 0.263. The SMILES string of the molecule is COc1ccc(S(=O)(=O)c2csc3c2NC(=O)C[C@H]3c2ccccc2C)cc1. The van der Waals surface area contributed by atoms with E-state index in [4.69, 9.17) is 4.74 Å². The number of carbonyl (C=O) groups is 1. The molecule has 1 aliphatic heterocycles. The third-order valence-corrected chi connectivity index (χ3v) is 8.02. The molecule has 0 fully saturated rings. The Kier molecular flexibility index (Phi) is 4.72. The zero-order valence-corrected chi connectivity index (χ0v) is 17.1. The summed E-state index contributed by atoms with van der Waals surface area (Å²) in [6, 6.07) is 14.2. The van der Waals surface area contributed by atoms with Crippen LogP contribution in [0.3, 0.4) is 0 Å². The van der Waals surface area contributed by atoms with Crippen molar-refractivity contribution in [1.82, 2.24) is 0 Å². The van der Waals surface area contributed by atoms with Gasteiger partial charge in [0.25, 0.3) is 0 Å². The maximum absolute atomic E-state index is 13.2. The van der Waals surface area contributed by atoms with Crippen LogP contribution in [0.4, 0.5) is 5.69 Å². The van der Waals surface area contributed by atoms with Crippen molar-refractivity contribution < 1.29 is 17.9 Å². The number of thiophene rings is 1. The van der Waals surface area contributed by atoms with Gasteiger partial charge in [-0.05, 0) is 42.3 Å². The van der Waals surface area contributed by atoms with Crippen LogP contribution in [0, 0.1) is 6.92 Å². The second-order valence-electron chi connectivity index (χ2n) is 6.68. The predicted molar refractivity (Wildman–Crippen MR) is 109 cm³/mol. The lowest BCUT2D eigenvalue weighted by atomic mass is 9.88. The maximum Gasteiger partial charge on any atom is 0.225 e. The fourth-order valence-corrected chi connectivity index (χ4v) is 6.41. The van der Waals surface area contributed by atoms with Crippen LogP contribution in [0.1, 0.15) is 28.3 Å². The molecule has 1 atom stereocenters. The van der Waals surface area contributed by atoms with Crippen molar-refractivity contribution in [3.05, 3.63) is 69.9 Å². The van der Waals surface area contributed by atoms with E-state index in [1.165, 1.54) is 30.6 Å². The molecule has 0 spiro atoms. The molecule has 2 aromatic carbocycles. The number of nitrogens with one attached hydrogen (secondary N) is 1. The molecule has 144 valence electrons. The quantitative estimate of drug-likeness (QED) is 0.689. The maximum atomic E-state index is 13.2. The first-order chi connectivity index (χ1) is 13.4. The number of fused-ring (bicyclic) bond motifs is 1. The molecule has 0 bridgehead atoms. The van der Waals surface area contributed by atoms with Crippen molar-refractivity contribution >= 4 is 32.8 Å². The highest BCUT2D eigenvalue weighted by Gasteiger charge is 2.34. The number of hydrogen-bond acceptors (Lipinski definition) is 5. The van der Waals surface area contributed by atoms with Crippen molar-refractivity contribution in [2.45, 2.75) is 29.1 Å². The highest BCUT2D eigenvalue weighted by Crippen LogP contribution is 2.46. The van der Waals surface area contributed by atoms with Gasteiger partial charge in [-0.3, -0.25) is 4.79 Å². The van der Waals surface area contributed by atoms with E-state index in [0.29, 0.717) is 17.9 Å². The normalized spacial score (nSPS) is 16.4. The minimum atomic E-state index is -3.76. The van der Waals surface area contributed by atoms with E-state index >= 15 is 0 Å². The van der Waals surface area contributed by atoms with Gasteiger partial charge >= 0.3 is 0 Å². The smallest absolute Gasteiger partial charge is 0.225 e. The molecule has 0 unspecified atom stereocenters. The molecule has 0 aliphatic carbocycles. The molecule has 7 heteroatoms. The van der Waals surface area contributed by atoms with Gasteiger partial charge < -0.3 is 10.1 Å². The first kappa shape index (κ1) is 18.7. The lowest BCUT2D eigenvalue weighted by molar-refractivity contribution is -0.116. The number of carbonyl (C=O) groups excluding carboxylic acids is 1. The number of hydrogen-bond donors (Lipinski definition) is 1. The van der Waals surface area contributed by atoms with Gasteiger partial charge in [-0.25, -0.2) is 8.42 Å². The number of methoxy groups -OCH3 is 1. The molecule has 0 saturated carbocycles. The van der Waals surface area contributed by atoms with E-state index in [9.17, 15) is 13.2 Å². The van der Waals surface area contributed by atoms with Gasteiger partial charge in [-0.1, -0.05) is 24.3 Å². The highest BCUT2D eigenvalue weighted by atomic mass is 32.2. The monoisotopic (exact) mass is 413 g/mol. The van der Waals surface area contributed by atoms with E-state index in [0.717, 1.165) is 16.0 Å². The number of sulfone groups is 1. The molecule has 5 nitrogen and oxygen atoms in total. The van der Waals surface area contributed by atoms with Crippen molar-refractivity contribution in [3.63, 3.8) is 0 Å². The summed E-state index contributed by atoms with van der Waals surface area (Å²) in [5.41, 5.74) is 2.54. The molecule has 1 aromatic heterocycles. The molecule has 1 amide bonds. The van der Waals surface area contributed by atoms with E-state index in [1.807, 2.05) is 31.2 Å². The summed E-state index contributed by atoms with van der Waals surface area (Å²) in [7, 11) is -2.23. The van der Waals surface area contributed by atoms with Gasteiger partial charge in [0.05, 0.1) is 17.7 Å². The number of aryl methyl sites for hydroxylation is 1. The van der Waals surface area contributed by atoms with E-state index < -0.39 is 9.84 Å². The highest BCUT2D eigenvalue weighted by molar-refractivity contribution is 7.91. The van der Waals surface area contributed by atoms with Crippen LogP contribution in [-0.4, -0.2) is 21.4 Å². The van der Waals surface area contributed by atoms with Gasteiger partial charge in [0.1, 0.15) is 10.6 Å². The van der Waals surface area contributed by atoms with Crippen molar-refractivity contribution in [2.24, 2.45) is 0 Å². The van der Waals surface area contributed by atoms with Gasteiger partial charge in [-0.2, -0.15) is 0 Å². The van der Waals surface area contributed by atoms with Crippen molar-refractivity contribution in [3.8, 4) is 5.75 Å². The molecule has 2 heterocycles. The number of rotatable bonds is 4. The first-order valence-electron chi connectivity index (χ1n) is 8.77. The third-order valence-electron chi connectivity index (χ3n) is 4.98. The lowest BCUT2D eigenvalue weighted by Crippen LogP contribution is -2.23. The Morgan fingerprint density at radius 3 is 2.50 bits per heavy atom. The van der Waals surface area contributed by atoms with Crippen LogP contribution < -0.4 is 10.1 Å². The predicted octanol–water partition coefficient (Wildman–Crippen LogP) is 4.37. The summed E-state index contributed by atoms with van der Waals surface area (Å²) in [6.07, 6.45) is 0.306. The zero-order valence-electron chi connectivity index (χ0n) is 15.4. The van der Waals surface area contributed by atoms with Crippen LogP contribution in [0.5, 0.6) is 5.75 Å². The van der Waals surface area contributed by atoms with Gasteiger partial charge in [-0.15, -0.1) is 11.3 Å². The van der Waals surface area contributed by atoms with Gasteiger partial charge in [0.15, 0.2) is 0 Å². The summed E-state index contributed by atoms with van der Waals surface area (Å²) in [4.78, 5) is 13.6. The summed E-state index contributed by atoms with van der Waals surface area (Å²) < 4.78 is 31.5. The summed E-state index contributed by atoms with van der Waals surface area (Å²) in [6.45, 7) is 2.00. The number of amides is 1. The largest absolute Gasteiger partial charge is 0.497 e.